The highest BCUT2D eigenvalue weighted by Gasteiger charge is 2.12. The molecule has 90 valence electrons. The molecule has 1 aromatic carbocycles. The predicted octanol–water partition coefficient (Wildman–Crippen LogP) is 2.26. The summed E-state index contributed by atoms with van der Waals surface area (Å²) in [6, 6.07) is 4.58. The number of hydrogen-bond acceptors (Lipinski definition) is 3. The van der Waals surface area contributed by atoms with Crippen LogP contribution in [-0.2, 0) is 13.0 Å². The van der Waals surface area contributed by atoms with E-state index in [9.17, 15) is 4.39 Å². The number of hydrogen-bond donors (Lipinski definition) is 1. The van der Waals surface area contributed by atoms with Crippen molar-refractivity contribution in [2.75, 3.05) is 5.73 Å². The summed E-state index contributed by atoms with van der Waals surface area (Å²) in [7, 11) is 0. The molecule has 2 aromatic rings. The Labute approximate surface area is 103 Å². The van der Waals surface area contributed by atoms with Gasteiger partial charge in [0.1, 0.15) is 5.82 Å². The van der Waals surface area contributed by atoms with E-state index in [1.165, 1.54) is 6.07 Å². The molecule has 0 bridgehead atoms. The molecule has 0 fully saturated rings. The minimum atomic E-state index is -0.353. The first-order valence-electron chi connectivity index (χ1n) is 5.24. The van der Waals surface area contributed by atoms with Crippen LogP contribution in [0.3, 0.4) is 0 Å². The number of rotatable bonds is 3. The van der Waals surface area contributed by atoms with Crippen molar-refractivity contribution >= 4 is 17.4 Å². The lowest BCUT2D eigenvalue weighted by Gasteiger charge is -2.07. The molecule has 0 saturated heterocycles. The summed E-state index contributed by atoms with van der Waals surface area (Å²) < 4.78 is 15.2. The maximum Gasteiger partial charge on any atom is 0.169 e. The van der Waals surface area contributed by atoms with Crippen LogP contribution in [0.4, 0.5) is 10.2 Å². The number of nitrogen functional groups attached to an aromatic ring is 1. The Morgan fingerprint density at radius 2 is 2.24 bits per heavy atom. The second-order valence-electron chi connectivity index (χ2n) is 3.63. The second kappa shape index (κ2) is 4.71. The monoisotopic (exact) mass is 254 g/mol. The first-order chi connectivity index (χ1) is 8.13. The van der Waals surface area contributed by atoms with Gasteiger partial charge in [-0.3, -0.25) is 0 Å². The van der Waals surface area contributed by atoms with Gasteiger partial charge in [-0.1, -0.05) is 29.8 Å². The van der Waals surface area contributed by atoms with Gasteiger partial charge in [-0.2, -0.15) is 0 Å². The number of halogens is 2. The highest BCUT2D eigenvalue weighted by atomic mass is 35.5. The van der Waals surface area contributed by atoms with E-state index in [0.717, 1.165) is 5.69 Å². The third-order valence-electron chi connectivity index (χ3n) is 2.57. The van der Waals surface area contributed by atoms with Crippen LogP contribution in [0.25, 0.3) is 0 Å². The summed E-state index contributed by atoms with van der Waals surface area (Å²) in [6.45, 7) is 2.17. The zero-order chi connectivity index (χ0) is 12.4. The lowest BCUT2D eigenvalue weighted by molar-refractivity contribution is 0.567. The minimum absolute atomic E-state index is 0.235. The van der Waals surface area contributed by atoms with Crippen LogP contribution < -0.4 is 5.73 Å². The molecule has 2 rings (SSSR count). The van der Waals surface area contributed by atoms with Gasteiger partial charge in [0.2, 0.25) is 0 Å². The fourth-order valence-corrected chi connectivity index (χ4v) is 1.89. The van der Waals surface area contributed by atoms with Crippen molar-refractivity contribution < 1.29 is 4.39 Å². The number of nitrogens with two attached hydrogens (primary N) is 1. The molecule has 0 aliphatic carbocycles. The van der Waals surface area contributed by atoms with Gasteiger partial charge in [0.25, 0.3) is 0 Å². The zero-order valence-corrected chi connectivity index (χ0v) is 10.1. The lowest BCUT2D eigenvalue weighted by Crippen LogP contribution is -2.08. The Morgan fingerprint density at radius 1 is 1.47 bits per heavy atom. The van der Waals surface area contributed by atoms with E-state index in [2.05, 4.69) is 10.3 Å². The average Bonchev–Trinajstić information content (AvgIpc) is 2.64. The van der Waals surface area contributed by atoms with E-state index >= 15 is 0 Å². The van der Waals surface area contributed by atoms with Gasteiger partial charge in [0, 0.05) is 10.6 Å². The fourth-order valence-electron chi connectivity index (χ4n) is 1.67. The Bertz CT molecular complexity index is 518. The maximum absolute atomic E-state index is 13.6. The lowest BCUT2D eigenvalue weighted by atomic mass is 10.2. The van der Waals surface area contributed by atoms with Crippen LogP contribution in [0.15, 0.2) is 18.2 Å². The fraction of sp³-hybridized carbons (Fsp3) is 0.273. The second-order valence-corrected chi connectivity index (χ2v) is 4.04. The van der Waals surface area contributed by atoms with Crippen molar-refractivity contribution in [3.63, 3.8) is 0 Å². The molecule has 1 heterocycles. The largest absolute Gasteiger partial charge is 0.381 e. The Hall–Kier alpha value is -1.62. The smallest absolute Gasteiger partial charge is 0.169 e. The Balaban J connectivity index is 2.38. The molecule has 2 N–H and O–H groups in total. The molecule has 17 heavy (non-hydrogen) atoms. The molecule has 1 aromatic heterocycles. The molecule has 0 radical (unpaired) electrons. The summed E-state index contributed by atoms with van der Waals surface area (Å²) >= 11 is 5.95. The molecular weight excluding hydrogens is 243 g/mol. The van der Waals surface area contributed by atoms with Crippen molar-refractivity contribution in [2.45, 2.75) is 19.9 Å². The number of anilines is 1. The van der Waals surface area contributed by atoms with Crippen molar-refractivity contribution in [3.05, 3.63) is 40.3 Å². The van der Waals surface area contributed by atoms with Gasteiger partial charge in [0.15, 0.2) is 5.82 Å². The van der Waals surface area contributed by atoms with Gasteiger partial charge < -0.3 is 5.73 Å². The molecule has 0 saturated carbocycles. The minimum Gasteiger partial charge on any atom is -0.381 e. The van der Waals surface area contributed by atoms with Crippen molar-refractivity contribution in [2.24, 2.45) is 0 Å². The van der Waals surface area contributed by atoms with Crippen molar-refractivity contribution in [1.82, 2.24) is 15.0 Å². The van der Waals surface area contributed by atoms with Crippen molar-refractivity contribution in [1.29, 1.82) is 0 Å². The Kier molecular flexibility index (Phi) is 3.28. The summed E-state index contributed by atoms with van der Waals surface area (Å²) in [4.78, 5) is 0. The van der Waals surface area contributed by atoms with Gasteiger partial charge in [-0.15, -0.1) is 5.10 Å². The van der Waals surface area contributed by atoms with E-state index in [0.29, 0.717) is 22.8 Å². The molecule has 4 nitrogen and oxygen atoms in total. The molecule has 0 aliphatic heterocycles. The third kappa shape index (κ3) is 2.24. The van der Waals surface area contributed by atoms with Crippen LogP contribution in [0.2, 0.25) is 5.02 Å². The van der Waals surface area contributed by atoms with Crippen molar-refractivity contribution in [3.8, 4) is 0 Å². The molecule has 6 heteroatoms. The first-order valence-corrected chi connectivity index (χ1v) is 5.62. The number of benzene rings is 1. The summed E-state index contributed by atoms with van der Waals surface area (Å²) in [5.41, 5.74) is 6.84. The molecule has 0 spiro atoms. The van der Waals surface area contributed by atoms with Crippen LogP contribution in [0.1, 0.15) is 18.2 Å². The van der Waals surface area contributed by atoms with Gasteiger partial charge in [0.05, 0.1) is 12.2 Å². The highest BCUT2D eigenvalue weighted by Crippen LogP contribution is 2.21. The molecule has 0 unspecified atom stereocenters. The van der Waals surface area contributed by atoms with Gasteiger partial charge in [-0.05, 0) is 18.6 Å². The summed E-state index contributed by atoms with van der Waals surface area (Å²) in [5.74, 6) is 0.0218. The quantitative estimate of drug-likeness (QED) is 0.914. The van der Waals surface area contributed by atoms with Crippen LogP contribution in [0, 0.1) is 5.82 Å². The molecule has 0 amide bonds. The van der Waals surface area contributed by atoms with Gasteiger partial charge >= 0.3 is 0 Å². The molecule has 0 aliphatic rings. The number of aromatic nitrogens is 3. The predicted molar refractivity (Wildman–Crippen MR) is 64.3 cm³/mol. The number of nitrogens with zero attached hydrogens (tertiary/aromatic N) is 3. The molecular formula is C11H12ClFN4. The maximum atomic E-state index is 13.6. The summed E-state index contributed by atoms with van der Waals surface area (Å²) in [5, 5.41) is 8.02. The topological polar surface area (TPSA) is 56.7 Å². The summed E-state index contributed by atoms with van der Waals surface area (Å²) in [6.07, 6.45) is 0.685. The van der Waals surface area contributed by atoms with E-state index in [-0.39, 0.29) is 12.4 Å². The van der Waals surface area contributed by atoms with E-state index in [1.807, 2.05) is 6.92 Å². The van der Waals surface area contributed by atoms with Crippen LogP contribution in [0.5, 0.6) is 0 Å². The Morgan fingerprint density at radius 3 is 2.88 bits per heavy atom. The highest BCUT2D eigenvalue weighted by molar-refractivity contribution is 6.31. The zero-order valence-electron chi connectivity index (χ0n) is 9.32. The third-order valence-corrected chi connectivity index (χ3v) is 2.93. The standard InChI is InChI=1S/C11H12ClFN4/c1-2-10-11(14)15-16-17(10)6-7-8(12)4-3-5-9(7)13/h3-5H,2,6,14H2,1H3. The molecule has 0 atom stereocenters. The van der Waals surface area contributed by atoms with E-state index in [1.54, 1.807) is 16.8 Å². The van der Waals surface area contributed by atoms with E-state index < -0.39 is 0 Å². The van der Waals surface area contributed by atoms with Gasteiger partial charge in [-0.25, -0.2) is 9.07 Å². The SMILES string of the molecule is CCc1c(N)nnn1Cc1c(F)cccc1Cl. The van der Waals surface area contributed by atoms with Crippen LogP contribution in [-0.4, -0.2) is 15.0 Å². The van der Waals surface area contributed by atoms with E-state index in [4.69, 9.17) is 17.3 Å². The average molecular weight is 255 g/mol. The van der Waals surface area contributed by atoms with Crippen LogP contribution >= 0.6 is 11.6 Å². The first kappa shape index (κ1) is 11.9. The normalized spacial score (nSPS) is 10.8.